The van der Waals surface area contributed by atoms with E-state index in [1.54, 1.807) is 0 Å². The molecule has 2 unspecified atom stereocenters. The fraction of sp³-hybridized carbons (Fsp3) is 1.00. The fourth-order valence-corrected chi connectivity index (χ4v) is 1.85. The second-order valence-electron chi connectivity index (χ2n) is 2.88. The lowest BCUT2D eigenvalue weighted by molar-refractivity contribution is -0.0942. The molecular formula is C6H12F2O3P2. The molecule has 5 atom stereocenters. The molecule has 1 rings (SSSR count). The van der Waals surface area contributed by atoms with Gasteiger partial charge in [0, 0.05) is 18.9 Å². The molecule has 0 aromatic rings. The van der Waals surface area contributed by atoms with Crippen molar-refractivity contribution in [2.45, 2.75) is 31.2 Å². The van der Waals surface area contributed by atoms with Crippen LogP contribution in [0.15, 0.2) is 0 Å². The Morgan fingerprint density at radius 2 is 2.08 bits per heavy atom. The van der Waals surface area contributed by atoms with Gasteiger partial charge in [0.15, 0.2) is 6.10 Å². The van der Waals surface area contributed by atoms with Crippen LogP contribution >= 0.6 is 18.9 Å². The molecule has 0 saturated carbocycles. The first-order valence-corrected chi connectivity index (χ1v) is 4.68. The molecule has 0 aromatic carbocycles. The predicted molar refractivity (Wildman–Crippen MR) is 49.5 cm³/mol. The Morgan fingerprint density at radius 3 is 2.54 bits per heavy atom. The fourth-order valence-electron chi connectivity index (χ4n) is 1.30. The van der Waals surface area contributed by atoms with Gasteiger partial charge in [0.2, 0.25) is 0 Å². The molecule has 0 aromatic heterocycles. The van der Waals surface area contributed by atoms with Gasteiger partial charge in [0.25, 0.3) is 0 Å². The summed E-state index contributed by atoms with van der Waals surface area (Å²) >= 11 is 0. The Hall–Kier alpha value is 0.600. The molecule has 0 aliphatic carbocycles. The van der Waals surface area contributed by atoms with Crippen LogP contribution in [-0.2, 0) is 13.8 Å². The predicted octanol–water partition coefficient (Wildman–Crippen LogP) is 1.39. The number of hydrogen-bond donors (Lipinski definition) is 0. The molecule has 1 aliphatic rings. The van der Waals surface area contributed by atoms with E-state index >= 15 is 0 Å². The summed E-state index contributed by atoms with van der Waals surface area (Å²) in [6, 6.07) is 0. The largest absolute Gasteiger partial charge is 0.364 e. The second kappa shape index (κ2) is 4.41. The Kier molecular flexibility index (Phi) is 3.96. The molecule has 0 radical (unpaired) electrons. The van der Waals surface area contributed by atoms with E-state index < -0.39 is 24.2 Å². The normalized spacial score (nSPS) is 38.1. The minimum absolute atomic E-state index is 0.0731. The van der Waals surface area contributed by atoms with Crippen LogP contribution < -0.4 is 0 Å². The maximum atomic E-state index is 13.3. The Morgan fingerprint density at radius 1 is 1.46 bits per heavy atom. The number of ether oxygens (including phenoxy) is 1. The third kappa shape index (κ3) is 2.16. The first kappa shape index (κ1) is 11.7. The third-order valence-corrected chi connectivity index (χ3v) is 2.53. The highest BCUT2D eigenvalue weighted by Crippen LogP contribution is 2.39. The van der Waals surface area contributed by atoms with Crippen molar-refractivity contribution in [3.05, 3.63) is 0 Å². The molecule has 0 bridgehead atoms. The van der Waals surface area contributed by atoms with Crippen LogP contribution in [-0.4, -0.2) is 30.8 Å². The number of rotatable bonds is 3. The van der Waals surface area contributed by atoms with Crippen molar-refractivity contribution in [1.82, 2.24) is 0 Å². The topological polar surface area (TPSA) is 27.7 Å². The zero-order valence-electron chi connectivity index (χ0n) is 7.07. The molecule has 3 nitrogen and oxygen atoms in total. The van der Waals surface area contributed by atoms with Gasteiger partial charge >= 0.3 is 5.92 Å². The van der Waals surface area contributed by atoms with Gasteiger partial charge in [-0.1, -0.05) is 0 Å². The van der Waals surface area contributed by atoms with Gasteiger partial charge in [-0.25, -0.2) is 8.78 Å². The lowest BCUT2D eigenvalue weighted by atomic mass is 10.1. The monoisotopic (exact) mass is 232 g/mol. The van der Waals surface area contributed by atoms with Crippen molar-refractivity contribution < 1.29 is 22.6 Å². The van der Waals surface area contributed by atoms with Crippen LogP contribution in [0.3, 0.4) is 0 Å². The smallest absolute Gasteiger partial charge is 0.301 e. The molecule has 1 fully saturated rings. The Bertz CT molecular complexity index is 181. The molecule has 1 saturated heterocycles. The van der Waals surface area contributed by atoms with E-state index in [0.717, 1.165) is 0 Å². The van der Waals surface area contributed by atoms with Crippen LogP contribution in [0.4, 0.5) is 8.78 Å². The Balaban J connectivity index is 2.70. The molecule has 78 valence electrons. The summed E-state index contributed by atoms with van der Waals surface area (Å²) in [5.41, 5.74) is 0. The maximum absolute atomic E-state index is 13.3. The highest BCUT2D eigenvalue weighted by atomic mass is 31.0. The van der Waals surface area contributed by atoms with Crippen molar-refractivity contribution in [1.29, 1.82) is 0 Å². The van der Waals surface area contributed by atoms with Crippen LogP contribution in [0, 0.1) is 0 Å². The summed E-state index contributed by atoms with van der Waals surface area (Å²) in [5, 5.41) is 0. The number of halogens is 2. The summed E-state index contributed by atoms with van der Waals surface area (Å²) in [5.74, 6) is -2.96. The first-order chi connectivity index (χ1) is 6.04. The minimum atomic E-state index is -2.96. The molecule has 1 heterocycles. The van der Waals surface area contributed by atoms with Gasteiger partial charge in [0.05, 0.1) is 6.61 Å². The van der Waals surface area contributed by atoms with Crippen molar-refractivity contribution >= 4 is 18.9 Å². The quantitative estimate of drug-likeness (QED) is 0.688. The average Bonchev–Trinajstić information content (AvgIpc) is 2.24. The number of hydrogen-bond acceptors (Lipinski definition) is 3. The molecular weight excluding hydrogens is 220 g/mol. The van der Waals surface area contributed by atoms with Crippen molar-refractivity contribution in [2.75, 3.05) is 6.61 Å². The molecule has 0 N–H and O–H groups in total. The van der Waals surface area contributed by atoms with Crippen molar-refractivity contribution in [3.63, 3.8) is 0 Å². The van der Waals surface area contributed by atoms with E-state index in [1.165, 1.54) is 6.92 Å². The van der Waals surface area contributed by atoms with Crippen LogP contribution in [0.25, 0.3) is 0 Å². The van der Waals surface area contributed by atoms with Gasteiger partial charge in [-0.05, 0) is 6.92 Å². The summed E-state index contributed by atoms with van der Waals surface area (Å²) in [4.78, 5) is 0. The van der Waals surface area contributed by atoms with Crippen LogP contribution in [0.1, 0.15) is 6.92 Å². The van der Waals surface area contributed by atoms with Crippen LogP contribution in [0.2, 0.25) is 0 Å². The summed E-state index contributed by atoms with van der Waals surface area (Å²) in [6.07, 6.45) is -3.11. The molecule has 1 aliphatic heterocycles. The lowest BCUT2D eigenvalue weighted by Gasteiger charge is -2.20. The van der Waals surface area contributed by atoms with Gasteiger partial charge in [0.1, 0.15) is 12.2 Å². The number of alkyl halides is 2. The minimum Gasteiger partial charge on any atom is -0.364 e. The van der Waals surface area contributed by atoms with Gasteiger partial charge < -0.3 is 13.8 Å². The van der Waals surface area contributed by atoms with Gasteiger partial charge in [-0.15, -0.1) is 0 Å². The zero-order chi connectivity index (χ0) is 10.1. The summed E-state index contributed by atoms with van der Waals surface area (Å²) < 4.78 is 40.8. The molecule has 7 heteroatoms. The standard InChI is InChI=1S/C6H12F2O3P2/c1-3-6(7,8)5(11-13)4(10-3)2-9-12/h3-5H,2,12-13H2,1H3/t3-,4+,5-/m0/s1. The second-order valence-corrected chi connectivity index (χ2v) is 3.49. The zero-order valence-corrected chi connectivity index (χ0v) is 9.38. The highest BCUT2D eigenvalue weighted by molar-refractivity contribution is 7.10. The molecule has 0 amide bonds. The highest BCUT2D eigenvalue weighted by Gasteiger charge is 2.57. The lowest BCUT2D eigenvalue weighted by Crippen LogP contribution is -2.40. The van der Waals surface area contributed by atoms with E-state index in [2.05, 4.69) is 9.05 Å². The first-order valence-electron chi connectivity index (χ1n) is 3.74. The third-order valence-electron chi connectivity index (χ3n) is 2.05. The Labute approximate surface area is 80.1 Å². The maximum Gasteiger partial charge on any atom is 0.301 e. The van der Waals surface area contributed by atoms with Gasteiger partial charge in [-0.3, -0.25) is 0 Å². The van der Waals surface area contributed by atoms with Gasteiger partial charge in [-0.2, -0.15) is 0 Å². The van der Waals surface area contributed by atoms with E-state index in [9.17, 15) is 8.78 Å². The van der Waals surface area contributed by atoms with E-state index in [0.29, 0.717) is 0 Å². The summed E-state index contributed by atoms with van der Waals surface area (Å²) in [7, 11) is 3.82. The van der Waals surface area contributed by atoms with Crippen LogP contribution in [0.5, 0.6) is 0 Å². The average molecular weight is 232 g/mol. The SMILES string of the molecule is C[C@@H]1O[C@H](COP)[C@H](OP)C1(F)F. The van der Waals surface area contributed by atoms with E-state index in [-0.39, 0.29) is 6.61 Å². The van der Waals surface area contributed by atoms with E-state index in [4.69, 9.17) is 4.74 Å². The van der Waals surface area contributed by atoms with Crippen molar-refractivity contribution in [2.24, 2.45) is 0 Å². The molecule has 0 spiro atoms. The van der Waals surface area contributed by atoms with E-state index in [1.807, 2.05) is 18.9 Å². The van der Waals surface area contributed by atoms with Crippen molar-refractivity contribution in [3.8, 4) is 0 Å². The molecule has 13 heavy (non-hydrogen) atoms. The summed E-state index contributed by atoms with van der Waals surface area (Å²) in [6.45, 7) is 1.39.